The smallest absolute Gasteiger partial charge is 0.129 e. The van der Waals surface area contributed by atoms with Crippen molar-refractivity contribution in [2.75, 3.05) is 45.4 Å². The number of benzene rings is 2. The van der Waals surface area contributed by atoms with Gasteiger partial charge in [-0.2, -0.15) is 0 Å². The molecule has 0 aliphatic carbocycles. The van der Waals surface area contributed by atoms with Crippen LogP contribution in [0.25, 0.3) is 0 Å². The molecule has 0 aliphatic heterocycles. The number of hydrogen-bond donors (Lipinski definition) is 0. The fourth-order valence-electron chi connectivity index (χ4n) is 2.78. The van der Waals surface area contributed by atoms with E-state index in [1.54, 1.807) is 32.6 Å². The maximum Gasteiger partial charge on any atom is 0.129 e. The van der Waals surface area contributed by atoms with Crippen LogP contribution >= 0.6 is 0 Å². The Balaban J connectivity index is 2.23. The lowest BCUT2D eigenvalue weighted by Gasteiger charge is -2.25. The molecule has 0 heterocycles. The fraction of sp³-hybridized carbons (Fsp3) is 0.409. The van der Waals surface area contributed by atoms with Crippen molar-refractivity contribution in [1.82, 2.24) is 0 Å². The van der Waals surface area contributed by atoms with Crippen molar-refractivity contribution < 1.29 is 18.6 Å². The molecule has 5 nitrogen and oxygen atoms in total. The third-order valence-electron chi connectivity index (χ3n) is 4.22. The van der Waals surface area contributed by atoms with Crippen LogP contribution in [0.4, 0.5) is 15.8 Å². The van der Waals surface area contributed by atoms with Crippen molar-refractivity contribution in [3.8, 4) is 11.5 Å². The second-order valence-electron chi connectivity index (χ2n) is 6.25. The van der Waals surface area contributed by atoms with E-state index in [0.717, 1.165) is 43.9 Å². The zero-order valence-corrected chi connectivity index (χ0v) is 16.9. The van der Waals surface area contributed by atoms with Crippen LogP contribution in [-0.4, -0.2) is 46.7 Å². The first-order valence-corrected chi connectivity index (χ1v) is 9.50. The molecule has 0 unspecified atom stereocenters. The number of unbranched alkanes of at least 4 members (excludes halogenated alkanes) is 1. The SMILES string of the molecule is CCN(CCCCOC)c1cc(Oc2ccc(F)cc2)ccc1N=CCOC. The molecule has 0 atom stereocenters. The number of ether oxygens (including phenoxy) is 3. The normalized spacial score (nSPS) is 11.1. The molecule has 2 rings (SSSR count). The number of rotatable bonds is 12. The predicted octanol–water partition coefficient (Wildman–Crippen LogP) is 5.22. The number of halogens is 1. The minimum absolute atomic E-state index is 0.288. The Morgan fingerprint density at radius 3 is 2.43 bits per heavy atom. The molecule has 6 heteroatoms. The zero-order chi connectivity index (χ0) is 20.2. The largest absolute Gasteiger partial charge is 0.457 e. The molecule has 0 radical (unpaired) electrons. The van der Waals surface area contributed by atoms with Crippen LogP contribution in [-0.2, 0) is 9.47 Å². The molecule has 0 aliphatic rings. The van der Waals surface area contributed by atoms with Crippen LogP contribution in [0.3, 0.4) is 0 Å². The number of aliphatic imine (C=N–C) groups is 1. The molecule has 28 heavy (non-hydrogen) atoms. The highest BCUT2D eigenvalue weighted by Gasteiger charge is 2.12. The third-order valence-corrected chi connectivity index (χ3v) is 4.22. The molecule has 0 fully saturated rings. The quantitative estimate of drug-likeness (QED) is 0.369. The highest BCUT2D eigenvalue weighted by molar-refractivity contribution is 5.75. The van der Waals surface area contributed by atoms with Crippen LogP contribution in [0.5, 0.6) is 11.5 Å². The Labute approximate surface area is 166 Å². The first-order chi connectivity index (χ1) is 13.7. The molecule has 0 saturated heterocycles. The van der Waals surface area contributed by atoms with Gasteiger partial charge in [0.25, 0.3) is 0 Å². The maximum atomic E-state index is 13.1. The number of hydrogen-bond acceptors (Lipinski definition) is 5. The monoisotopic (exact) mass is 388 g/mol. The standard InChI is InChI=1S/C22H29FN2O3/c1-4-25(14-5-6-15-26-2)22-17-20(11-12-21(22)24-13-16-27-3)28-19-9-7-18(23)8-10-19/h7-13,17H,4-6,14-16H2,1-3H3. The molecule has 0 bridgehead atoms. The summed E-state index contributed by atoms with van der Waals surface area (Å²) < 4.78 is 29.2. The summed E-state index contributed by atoms with van der Waals surface area (Å²) in [6.07, 6.45) is 3.77. The minimum Gasteiger partial charge on any atom is -0.457 e. The number of methoxy groups -OCH3 is 2. The highest BCUT2D eigenvalue weighted by atomic mass is 19.1. The van der Waals surface area contributed by atoms with Crippen molar-refractivity contribution in [3.05, 3.63) is 48.3 Å². The Bertz CT molecular complexity index is 735. The lowest BCUT2D eigenvalue weighted by Crippen LogP contribution is -2.24. The summed E-state index contributed by atoms with van der Waals surface area (Å²) in [6, 6.07) is 11.8. The van der Waals surface area contributed by atoms with Gasteiger partial charge in [-0.15, -0.1) is 0 Å². The highest BCUT2D eigenvalue weighted by Crippen LogP contribution is 2.34. The lowest BCUT2D eigenvalue weighted by atomic mass is 10.2. The molecule has 0 spiro atoms. The van der Waals surface area contributed by atoms with Gasteiger partial charge in [-0.1, -0.05) is 0 Å². The van der Waals surface area contributed by atoms with Crippen molar-refractivity contribution in [2.24, 2.45) is 4.99 Å². The van der Waals surface area contributed by atoms with E-state index in [-0.39, 0.29) is 5.82 Å². The summed E-state index contributed by atoms with van der Waals surface area (Å²) in [6.45, 7) is 5.07. The molecule has 2 aromatic rings. The van der Waals surface area contributed by atoms with Gasteiger partial charge in [-0.05, 0) is 56.2 Å². The Kier molecular flexibility index (Phi) is 9.45. The molecule has 0 aromatic heterocycles. The van der Waals surface area contributed by atoms with E-state index in [4.69, 9.17) is 14.2 Å². The van der Waals surface area contributed by atoms with Gasteiger partial charge < -0.3 is 19.1 Å². The van der Waals surface area contributed by atoms with Gasteiger partial charge in [0.2, 0.25) is 0 Å². The van der Waals surface area contributed by atoms with E-state index in [1.165, 1.54) is 12.1 Å². The Morgan fingerprint density at radius 1 is 1.00 bits per heavy atom. The molecular formula is C22H29FN2O3. The summed E-state index contributed by atoms with van der Waals surface area (Å²) in [4.78, 5) is 6.82. The van der Waals surface area contributed by atoms with Gasteiger partial charge in [-0.25, -0.2) is 4.39 Å². The van der Waals surface area contributed by atoms with Crippen LogP contribution in [0, 0.1) is 5.82 Å². The van der Waals surface area contributed by atoms with Crippen molar-refractivity contribution in [1.29, 1.82) is 0 Å². The molecule has 2 aromatic carbocycles. The summed E-state index contributed by atoms with van der Waals surface area (Å²) >= 11 is 0. The third kappa shape index (κ3) is 6.94. The molecule has 0 amide bonds. The van der Waals surface area contributed by atoms with E-state index >= 15 is 0 Å². The van der Waals surface area contributed by atoms with Crippen LogP contribution in [0.1, 0.15) is 19.8 Å². The van der Waals surface area contributed by atoms with E-state index in [1.807, 2.05) is 18.2 Å². The lowest BCUT2D eigenvalue weighted by molar-refractivity contribution is 0.193. The topological polar surface area (TPSA) is 43.3 Å². The van der Waals surface area contributed by atoms with Crippen LogP contribution in [0.15, 0.2) is 47.5 Å². The van der Waals surface area contributed by atoms with Gasteiger partial charge in [0.05, 0.1) is 18.0 Å². The van der Waals surface area contributed by atoms with Crippen LogP contribution < -0.4 is 9.64 Å². The maximum absolute atomic E-state index is 13.1. The Morgan fingerprint density at radius 2 is 1.75 bits per heavy atom. The van der Waals surface area contributed by atoms with Gasteiger partial charge in [0.1, 0.15) is 17.3 Å². The van der Waals surface area contributed by atoms with Crippen molar-refractivity contribution >= 4 is 17.6 Å². The predicted molar refractivity (Wildman–Crippen MR) is 112 cm³/mol. The van der Waals surface area contributed by atoms with Crippen molar-refractivity contribution in [3.63, 3.8) is 0 Å². The number of anilines is 1. The van der Waals surface area contributed by atoms with Gasteiger partial charge in [0.15, 0.2) is 0 Å². The van der Waals surface area contributed by atoms with E-state index in [0.29, 0.717) is 18.1 Å². The molecular weight excluding hydrogens is 359 g/mol. The average molecular weight is 388 g/mol. The summed E-state index contributed by atoms with van der Waals surface area (Å²) in [5.74, 6) is 0.984. The molecule has 152 valence electrons. The number of nitrogens with zero attached hydrogens (tertiary/aromatic N) is 2. The Hall–Kier alpha value is -2.44. The second-order valence-corrected chi connectivity index (χ2v) is 6.25. The first-order valence-electron chi connectivity index (χ1n) is 9.50. The molecule has 0 N–H and O–H groups in total. The minimum atomic E-state index is -0.288. The fourth-order valence-corrected chi connectivity index (χ4v) is 2.78. The van der Waals surface area contributed by atoms with Gasteiger partial charge in [-0.3, -0.25) is 4.99 Å². The zero-order valence-electron chi connectivity index (χ0n) is 16.9. The molecule has 0 saturated carbocycles. The van der Waals surface area contributed by atoms with Crippen molar-refractivity contribution in [2.45, 2.75) is 19.8 Å². The van der Waals surface area contributed by atoms with E-state index < -0.39 is 0 Å². The first kappa shape index (κ1) is 21.9. The second kappa shape index (κ2) is 12.1. The summed E-state index contributed by atoms with van der Waals surface area (Å²) in [7, 11) is 3.36. The average Bonchev–Trinajstić information content (AvgIpc) is 2.71. The van der Waals surface area contributed by atoms with Gasteiger partial charge >= 0.3 is 0 Å². The van der Waals surface area contributed by atoms with Gasteiger partial charge in [0, 0.05) is 46.2 Å². The van der Waals surface area contributed by atoms with E-state index in [2.05, 4.69) is 16.8 Å². The summed E-state index contributed by atoms with van der Waals surface area (Å²) in [5, 5.41) is 0. The van der Waals surface area contributed by atoms with Crippen LogP contribution in [0.2, 0.25) is 0 Å². The van der Waals surface area contributed by atoms with E-state index in [9.17, 15) is 4.39 Å². The summed E-state index contributed by atoms with van der Waals surface area (Å²) in [5.41, 5.74) is 1.85.